The lowest BCUT2D eigenvalue weighted by Crippen LogP contribution is -2.27. The highest BCUT2D eigenvalue weighted by molar-refractivity contribution is 6.42. The van der Waals surface area contributed by atoms with Crippen LogP contribution in [0.15, 0.2) is 23.0 Å². The van der Waals surface area contributed by atoms with Crippen LogP contribution < -0.4 is 5.56 Å². The molecule has 0 amide bonds. The van der Waals surface area contributed by atoms with Gasteiger partial charge in [0.05, 0.1) is 22.3 Å². The fraction of sp³-hybridized carbons (Fsp3) is 0.214. The van der Waals surface area contributed by atoms with Crippen molar-refractivity contribution in [3.8, 4) is 6.07 Å². The summed E-state index contributed by atoms with van der Waals surface area (Å²) in [7, 11) is 0. The van der Waals surface area contributed by atoms with E-state index in [1.165, 1.54) is 4.68 Å². The Morgan fingerprint density at radius 1 is 1.30 bits per heavy atom. The van der Waals surface area contributed by atoms with Crippen molar-refractivity contribution in [2.75, 3.05) is 0 Å². The molecule has 1 aromatic heterocycles. The molecule has 2 aromatic rings. The molecule has 0 N–H and O–H groups in total. The van der Waals surface area contributed by atoms with Gasteiger partial charge in [-0.25, -0.2) is 4.68 Å². The van der Waals surface area contributed by atoms with Gasteiger partial charge in [-0.3, -0.25) is 4.79 Å². The highest BCUT2D eigenvalue weighted by atomic mass is 35.5. The third-order valence-electron chi connectivity index (χ3n) is 3.06. The number of benzene rings is 1. The maximum atomic E-state index is 12.1. The van der Waals surface area contributed by atoms with Crippen molar-refractivity contribution in [2.45, 2.75) is 20.4 Å². The molecule has 0 saturated heterocycles. The molecule has 4 nitrogen and oxygen atoms in total. The Bertz CT molecular complexity index is 775. The third kappa shape index (κ3) is 2.69. The van der Waals surface area contributed by atoms with E-state index in [0.717, 1.165) is 5.56 Å². The van der Waals surface area contributed by atoms with Crippen LogP contribution in [0.2, 0.25) is 10.0 Å². The molecule has 0 unspecified atom stereocenters. The SMILES string of the molecule is Cc1nn(Cc2ccc(Cl)c(Cl)c2)c(=O)c(C#N)c1C. The zero-order chi connectivity index (χ0) is 14.9. The zero-order valence-corrected chi connectivity index (χ0v) is 12.5. The second kappa shape index (κ2) is 5.66. The van der Waals surface area contributed by atoms with Gasteiger partial charge in [-0.2, -0.15) is 10.4 Å². The molecule has 1 heterocycles. The first-order valence-electron chi connectivity index (χ1n) is 5.86. The molecule has 20 heavy (non-hydrogen) atoms. The first-order chi connectivity index (χ1) is 9.43. The van der Waals surface area contributed by atoms with E-state index < -0.39 is 5.56 Å². The van der Waals surface area contributed by atoms with Gasteiger partial charge in [0.15, 0.2) is 0 Å². The van der Waals surface area contributed by atoms with Gasteiger partial charge in [0.25, 0.3) is 5.56 Å². The number of nitrogens with zero attached hydrogens (tertiary/aromatic N) is 3. The zero-order valence-electron chi connectivity index (χ0n) is 10.9. The number of nitriles is 1. The van der Waals surface area contributed by atoms with Crippen LogP contribution in [0.4, 0.5) is 0 Å². The number of aryl methyl sites for hydroxylation is 1. The molecule has 2 rings (SSSR count). The maximum absolute atomic E-state index is 12.1. The number of hydrogen-bond donors (Lipinski definition) is 0. The van der Waals surface area contributed by atoms with E-state index in [0.29, 0.717) is 21.3 Å². The summed E-state index contributed by atoms with van der Waals surface area (Å²) in [6, 6.07) is 7.04. The van der Waals surface area contributed by atoms with E-state index in [-0.39, 0.29) is 12.1 Å². The summed E-state index contributed by atoms with van der Waals surface area (Å²) in [4.78, 5) is 12.1. The average Bonchev–Trinajstić information content (AvgIpc) is 2.41. The highest BCUT2D eigenvalue weighted by Gasteiger charge is 2.12. The fourth-order valence-corrected chi connectivity index (χ4v) is 2.14. The second-order valence-electron chi connectivity index (χ2n) is 4.41. The maximum Gasteiger partial charge on any atom is 0.285 e. The monoisotopic (exact) mass is 307 g/mol. The number of rotatable bonds is 2. The minimum atomic E-state index is -0.401. The largest absolute Gasteiger partial charge is 0.285 e. The number of aromatic nitrogens is 2. The smallest absolute Gasteiger partial charge is 0.266 e. The van der Waals surface area contributed by atoms with E-state index in [9.17, 15) is 4.79 Å². The van der Waals surface area contributed by atoms with Gasteiger partial charge in [-0.1, -0.05) is 29.3 Å². The van der Waals surface area contributed by atoms with E-state index >= 15 is 0 Å². The van der Waals surface area contributed by atoms with Crippen molar-refractivity contribution in [1.82, 2.24) is 9.78 Å². The van der Waals surface area contributed by atoms with Crippen molar-refractivity contribution in [2.24, 2.45) is 0 Å². The predicted molar refractivity (Wildman–Crippen MR) is 78.3 cm³/mol. The van der Waals surface area contributed by atoms with Crippen molar-refractivity contribution in [1.29, 1.82) is 5.26 Å². The molecular formula is C14H11Cl2N3O. The molecule has 0 bridgehead atoms. The second-order valence-corrected chi connectivity index (χ2v) is 5.22. The Kier molecular flexibility index (Phi) is 4.12. The lowest BCUT2D eigenvalue weighted by Gasteiger charge is -2.09. The van der Waals surface area contributed by atoms with Crippen molar-refractivity contribution in [3.63, 3.8) is 0 Å². The lowest BCUT2D eigenvalue weighted by molar-refractivity contribution is 0.622. The van der Waals surface area contributed by atoms with Gasteiger partial charge in [0.1, 0.15) is 11.6 Å². The molecule has 6 heteroatoms. The van der Waals surface area contributed by atoms with Crippen LogP contribution in [0.25, 0.3) is 0 Å². The minimum Gasteiger partial charge on any atom is -0.266 e. The summed E-state index contributed by atoms with van der Waals surface area (Å²) in [6.07, 6.45) is 0. The van der Waals surface area contributed by atoms with Crippen LogP contribution in [0.1, 0.15) is 22.4 Å². The molecule has 0 atom stereocenters. The third-order valence-corrected chi connectivity index (χ3v) is 3.80. The Balaban J connectivity index is 2.49. The summed E-state index contributed by atoms with van der Waals surface area (Å²) in [6.45, 7) is 3.72. The molecule has 0 aliphatic carbocycles. The standard InChI is InChI=1S/C14H11Cl2N3O/c1-8-9(2)18-19(14(20)11(8)6-17)7-10-3-4-12(15)13(16)5-10/h3-5H,7H2,1-2H3. The van der Waals surface area contributed by atoms with Crippen LogP contribution in [0.5, 0.6) is 0 Å². The van der Waals surface area contributed by atoms with Gasteiger partial charge in [0.2, 0.25) is 0 Å². The molecule has 0 aliphatic heterocycles. The Hall–Kier alpha value is -1.83. The highest BCUT2D eigenvalue weighted by Crippen LogP contribution is 2.22. The minimum absolute atomic E-state index is 0.123. The Morgan fingerprint density at radius 3 is 2.60 bits per heavy atom. The molecule has 0 aliphatic rings. The van der Waals surface area contributed by atoms with Crippen LogP contribution in [-0.4, -0.2) is 9.78 Å². The quantitative estimate of drug-likeness (QED) is 0.856. The molecule has 0 fully saturated rings. The van der Waals surface area contributed by atoms with Gasteiger partial charge in [-0.05, 0) is 37.1 Å². The number of halogens is 2. The van der Waals surface area contributed by atoms with Crippen LogP contribution >= 0.6 is 23.2 Å². The van der Waals surface area contributed by atoms with Crippen molar-refractivity contribution < 1.29 is 0 Å². The predicted octanol–water partition coefficient (Wildman–Crippen LogP) is 3.09. The van der Waals surface area contributed by atoms with Crippen LogP contribution in [0, 0.1) is 25.2 Å². The Labute approximate surface area is 126 Å². The molecule has 102 valence electrons. The summed E-state index contributed by atoms with van der Waals surface area (Å²) >= 11 is 11.8. The summed E-state index contributed by atoms with van der Waals surface area (Å²) < 4.78 is 1.26. The van der Waals surface area contributed by atoms with Gasteiger partial charge in [-0.15, -0.1) is 0 Å². The van der Waals surface area contributed by atoms with Crippen LogP contribution in [-0.2, 0) is 6.54 Å². The first kappa shape index (κ1) is 14.6. The van der Waals surface area contributed by atoms with Crippen molar-refractivity contribution in [3.05, 3.63) is 61.0 Å². The van der Waals surface area contributed by atoms with E-state index in [2.05, 4.69) is 5.10 Å². The van der Waals surface area contributed by atoms with Crippen molar-refractivity contribution >= 4 is 23.2 Å². The summed E-state index contributed by atoms with van der Waals surface area (Å²) in [5.74, 6) is 0. The topological polar surface area (TPSA) is 58.7 Å². The van der Waals surface area contributed by atoms with E-state index in [4.69, 9.17) is 28.5 Å². The average molecular weight is 308 g/mol. The van der Waals surface area contributed by atoms with E-state index in [1.54, 1.807) is 32.0 Å². The normalized spacial score (nSPS) is 10.3. The molecule has 0 radical (unpaired) electrons. The van der Waals surface area contributed by atoms with Gasteiger partial charge >= 0.3 is 0 Å². The number of hydrogen-bond acceptors (Lipinski definition) is 3. The summed E-state index contributed by atoms with van der Waals surface area (Å²) in [5, 5.41) is 14.1. The molecular weight excluding hydrogens is 297 g/mol. The first-order valence-corrected chi connectivity index (χ1v) is 6.62. The molecule has 0 saturated carbocycles. The molecule has 1 aromatic carbocycles. The fourth-order valence-electron chi connectivity index (χ4n) is 1.82. The summed E-state index contributed by atoms with van der Waals surface area (Å²) in [5.41, 5.74) is 1.78. The van der Waals surface area contributed by atoms with E-state index in [1.807, 2.05) is 6.07 Å². The molecule has 0 spiro atoms. The lowest BCUT2D eigenvalue weighted by atomic mass is 10.1. The van der Waals surface area contributed by atoms with Gasteiger partial charge < -0.3 is 0 Å². The Morgan fingerprint density at radius 2 is 2.00 bits per heavy atom. The van der Waals surface area contributed by atoms with Gasteiger partial charge in [0, 0.05) is 0 Å². The van der Waals surface area contributed by atoms with Crippen LogP contribution in [0.3, 0.4) is 0 Å².